The van der Waals surface area contributed by atoms with E-state index in [1.807, 2.05) is 0 Å². The van der Waals surface area contributed by atoms with Crippen LogP contribution in [0.15, 0.2) is 30.3 Å². The molecule has 1 aliphatic heterocycles. The molecule has 0 bridgehead atoms. The van der Waals surface area contributed by atoms with Gasteiger partial charge in [0, 0.05) is 31.2 Å². The van der Waals surface area contributed by atoms with Gasteiger partial charge in [-0.3, -0.25) is 4.90 Å². The van der Waals surface area contributed by atoms with Crippen molar-refractivity contribution >= 4 is 0 Å². The number of rotatable bonds is 5. The molecule has 2 fully saturated rings. The van der Waals surface area contributed by atoms with Gasteiger partial charge in [0.2, 0.25) is 0 Å². The molecule has 21 heavy (non-hydrogen) atoms. The van der Waals surface area contributed by atoms with E-state index >= 15 is 0 Å². The molecule has 2 aliphatic rings. The predicted octanol–water partition coefficient (Wildman–Crippen LogP) is 3.99. The molecule has 1 aromatic carbocycles. The smallest absolute Gasteiger partial charge is 0.0473 e. The van der Waals surface area contributed by atoms with Gasteiger partial charge in [-0.2, -0.15) is 0 Å². The highest BCUT2D eigenvalue weighted by Crippen LogP contribution is 2.51. The first-order chi connectivity index (χ1) is 10.0. The summed E-state index contributed by atoms with van der Waals surface area (Å²) in [5, 5.41) is 3.73. The molecule has 1 heterocycles. The highest BCUT2D eigenvalue weighted by molar-refractivity contribution is 5.21. The van der Waals surface area contributed by atoms with Crippen LogP contribution in [0.3, 0.4) is 0 Å². The number of nitrogens with zero attached hydrogens (tertiary/aromatic N) is 1. The third kappa shape index (κ3) is 3.49. The van der Waals surface area contributed by atoms with Gasteiger partial charge in [0.15, 0.2) is 0 Å². The van der Waals surface area contributed by atoms with E-state index in [0.717, 1.165) is 13.1 Å². The van der Waals surface area contributed by atoms with E-state index in [-0.39, 0.29) is 5.54 Å². The third-order valence-electron chi connectivity index (χ3n) is 5.27. The molecule has 1 saturated carbocycles. The molecule has 1 saturated heterocycles. The Kier molecular flexibility index (Phi) is 4.11. The molecule has 2 heteroatoms. The van der Waals surface area contributed by atoms with Crippen molar-refractivity contribution in [3.05, 3.63) is 35.9 Å². The number of piperazine rings is 1. The molecule has 1 N–H and O–H groups in total. The Morgan fingerprint density at radius 2 is 1.90 bits per heavy atom. The minimum absolute atomic E-state index is 0.230. The van der Waals surface area contributed by atoms with Crippen molar-refractivity contribution in [2.75, 3.05) is 19.6 Å². The lowest BCUT2D eigenvalue weighted by Gasteiger charge is -2.46. The minimum atomic E-state index is 0.230. The first-order valence-electron chi connectivity index (χ1n) is 8.58. The molecule has 3 rings (SSSR count). The van der Waals surface area contributed by atoms with Crippen molar-refractivity contribution in [1.82, 2.24) is 10.2 Å². The lowest BCUT2D eigenvalue weighted by molar-refractivity contribution is 0.0717. The van der Waals surface area contributed by atoms with Crippen molar-refractivity contribution in [2.45, 2.75) is 58.0 Å². The Balaban J connectivity index is 1.78. The molecular weight excluding hydrogens is 256 g/mol. The molecule has 0 amide bonds. The van der Waals surface area contributed by atoms with Gasteiger partial charge in [-0.1, -0.05) is 43.7 Å². The third-order valence-corrected chi connectivity index (χ3v) is 5.27. The standard InChI is InChI=1S/C19H30N2/c1-4-10-19(11-12-19)15-21-14-18(2,3)20-13-17(21)16-8-6-5-7-9-16/h5-9,17,20H,4,10-15H2,1-3H3. The molecule has 116 valence electrons. The summed E-state index contributed by atoms with van der Waals surface area (Å²) in [4.78, 5) is 2.76. The summed E-state index contributed by atoms with van der Waals surface area (Å²) >= 11 is 0. The molecule has 0 spiro atoms. The zero-order valence-corrected chi connectivity index (χ0v) is 13.9. The monoisotopic (exact) mass is 286 g/mol. The van der Waals surface area contributed by atoms with Crippen LogP contribution < -0.4 is 5.32 Å². The highest BCUT2D eigenvalue weighted by Gasteiger charge is 2.45. The van der Waals surface area contributed by atoms with Gasteiger partial charge in [0.1, 0.15) is 0 Å². The van der Waals surface area contributed by atoms with Gasteiger partial charge in [-0.15, -0.1) is 0 Å². The van der Waals surface area contributed by atoms with Crippen LogP contribution in [0, 0.1) is 5.41 Å². The molecule has 0 aromatic heterocycles. The van der Waals surface area contributed by atoms with E-state index in [0.29, 0.717) is 11.5 Å². The molecular formula is C19H30N2. The Labute approximate surface area is 129 Å². The zero-order valence-electron chi connectivity index (χ0n) is 13.9. The summed E-state index contributed by atoms with van der Waals surface area (Å²) in [7, 11) is 0. The number of nitrogens with one attached hydrogen (secondary N) is 1. The maximum atomic E-state index is 3.73. The van der Waals surface area contributed by atoms with E-state index in [2.05, 4.69) is 61.3 Å². The van der Waals surface area contributed by atoms with Gasteiger partial charge in [0.05, 0.1) is 0 Å². The van der Waals surface area contributed by atoms with Crippen LogP contribution in [-0.4, -0.2) is 30.1 Å². The van der Waals surface area contributed by atoms with E-state index in [9.17, 15) is 0 Å². The minimum Gasteiger partial charge on any atom is -0.309 e. The van der Waals surface area contributed by atoms with Crippen molar-refractivity contribution in [1.29, 1.82) is 0 Å². The van der Waals surface area contributed by atoms with Crippen LogP contribution in [0.4, 0.5) is 0 Å². The fraction of sp³-hybridized carbons (Fsp3) is 0.684. The Bertz CT molecular complexity index is 462. The van der Waals surface area contributed by atoms with Crippen LogP contribution in [0.2, 0.25) is 0 Å². The fourth-order valence-electron chi connectivity index (χ4n) is 3.97. The van der Waals surface area contributed by atoms with Crippen molar-refractivity contribution < 1.29 is 0 Å². The van der Waals surface area contributed by atoms with E-state index < -0.39 is 0 Å². The molecule has 0 radical (unpaired) electrons. The second-order valence-corrected chi connectivity index (χ2v) is 7.85. The quantitative estimate of drug-likeness (QED) is 0.880. The van der Waals surface area contributed by atoms with E-state index in [1.54, 1.807) is 0 Å². The Morgan fingerprint density at radius 3 is 2.52 bits per heavy atom. The normalized spacial score (nSPS) is 27.5. The first kappa shape index (κ1) is 15.1. The second kappa shape index (κ2) is 5.73. The summed E-state index contributed by atoms with van der Waals surface area (Å²) in [6.07, 6.45) is 5.60. The van der Waals surface area contributed by atoms with Gasteiger partial charge in [-0.25, -0.2) is 0 Å². The number of hydrogen-bond donors (Lipinski definition) is 1. The molecule has 1 aliphatic carbocycles. The van der Waals surface area contributed by atoms with Gasteiger partial charge < -0.3 is 5.32 Å². The molecule has 1 unspecified atom stereocenters. The topological polar surface area (TPSA) is 15.3 Å². The molecule has 1 aromatic rings. The predicted molar refractivity (Wildman–Crippen MR) is 89.4 cm³/mol. The molecule has 2 nitrogen and oxygen atoms in total. The van der Waals surface area contributed by atoms with E-state index in [4.69, 9.17) is 0 Å². The lowest BCUT2D eigenvalue weighted by atomic mass is 9.91. The van der Waals surface area contributed by atoms with Crippen molar-refractivity contribution in [3.8, 4) is 0 Å². The number of benzene rings is 1. The van der Waals surface area contributed by atoms with Crippen molar-refractivity contribution in [3.63, 3.8) is 0 Å². The summed E-state index contributed by atoms with van der Waals surface area (Å²) in [5.41, 5.74) is 2.33. The van der Waals surface area contributed by atoms with Crippen LogP contribution in [0.25, 0.3) is 0 Å². The van der Waals surface area contributed by atoms with Gasteiger partial charge in [0.25, 0.3) is 0 Å². The SMILES string of the molecule is CCCC1(CN2CC(C)(C)NCC2c2ccccc2)CC1. The lowest BCUT2D eigenvalue weighted by Crippen LogP contribution is -2.59. The highest BCUT2D eigenvalue weighted by atomic mass is 15.3. The maximum absolute atomic E-state index is 3.73. The van der Waals surface area contributed by atoms with Crippen LogP contribution >= 0.6 is 0 Å². The summed E-state index contributed by atoms with van der Waals surface area (Å²) in [5.74, 6) is 0. The van der Waals surface area contributed by atoms with Gasteiger partial charge in [-0.05, 0) is 44.1 Å². The van der Waals surface area contributed by atoms with Crippen LogP contribution in [0.5, 0.6) is 0 Å². The summed E-state index contributed by atoms with van der Waals surface area (Å²) < 4.78 is 0. The summed E-state index contributed by atoms with van der Waals surface area (Å²) in [6.45, 7) is 10.5. The largest absolute Gasteiger partial charge is 0.309 e. The number of hydrogen-bond acceptors (Lipinski definition) is 2. The van der Waals surface area contributed by atoms with Crippen molar-refractivity contribution in [2.24, 2.45) is 5.41 Å². The van der Waals surface area contributed by atoms with Crippen LogP contribution in [0.1, 0.15) is 58.1 Å². The average Bonchev–Trinajstić information content (AvgIpc) is 3.19. The summed E-state index contributed by atoms with van der Waals surface area (Å²) in [6, 6.07) is 11.6. The van der Waals surface area contributed by atoms with Gasteiger partial charge >= 0.3 is 0 Å². The second-order valence-electron chi connectivity index (χ2n) is 7.85. The Hall–Kier alpha value is -0.860. The van der Waals surface area contributed by atoms with E-state index in [1.165, 1.54) is 37.8 Å². The average molecular weight is 286 g/mol. The Morgan fingerprint density at radius 1 is 1.19 bits per heavy atom. The first-order valence-corrected chi connectivity index (χ1v) is 8.58. The zero-order chi connectivity index (χ0) is 14.9. The molecule has 1 atom stereocenters. The maximum Gasteiger partial charge on any atom is 0.0473 e. The fourth-order valence-corrected chi connectivity index (χ4v) is 3.97. The van der Waals surface area contributed by atoms with Crippen LogP contribution in [-0.2, 0) is 0 Å².